The van der Waals surface area contributed by atoms with Crippen molar-refractivity contribution in [2.75, 3.05) is 13.1 Å². The zero-order valence-corrected chi connectivity index (χ0v) is 15.2. The lowest BCUT2D eigenvalue weighted by atomic mass is 10.1. The van der Waals surface area contributed by atoms with E-state index < -0.39 is 0 Å². The van der Waals surface area contributed by atoms with Crippen molar-refractivity contribution in [2.24, 2.45) is 0 Å². The molecular weight excluding hydrogens is 361 g/mol. The summed E-state index contributed by atoms with van der Waals surface area (Å²) in [6.07, 6.45) is 2.13. The van der Waals surface area contributed by atoms with Crippen LogP contribution in [0.25, 0.3) is 9.88 Å². The van der Waals surface area contributed by atoms with Crippen LogP contribution in [0, 0.1) is 6.92 Å². The van der Waals surface area contributed by atoms with Crippen molar-refractivity contribution < 1.29 is 4.79 Å². The quantitative estimate of drug-likeness (QED) is 0.856. The molecular formula is C14H17Cl2N3OS2. The van der Waals surface area contributed by atoms with E-state index >= 15 is 0 Å². The van der Waals surface area contributed by atoms with Crippen LogP contribution in [0.4, 0.5) is 0 Å². The second-order valence-electron chi connectivity index (χ2n) is 5.05. The van der Waals surface area contributed by atoms with E-state index in [1.54, 1.807) is 0 Å². The summed E-state index contributed by atoms with van der Waals surface area (Å²) < 4.78 is 0.733. The minimum absolute atomic E-state index is 0. The number of carbonyl (C=O) groups is 1. The van der Waals surface area contributed by atoms with Gasteiger partial charge >= 0.3 is 0 Å². The molecule has 1 saturated heterocycles. The summed E-state index contributed by atoms with van der Waals surface area (Å²) >= 11 is 8.87. The number of amides is 1. The fourth-order valence-electron chi connectivity index (χ4n) is 2.37. The summed E-state index contributed by atoms with van der Waals surface area (Å²) in [7, 11) is 0. The average Bonchev–Trinajstić information content (AvgIpc) is 3.06. The van der Waals surface area contributed by atoms with Crippen molar-refractivity contribution in [3.8, 4) is 9.88 Å². The molecule has 8 heteroatoms. The van der Waals surface area contributed by atoms with Gasteiger partial charge in [-0.05, 0) is 38.4 Å². The van der Waals surface area contributed by atoms with Crippen LogP contribution < -0.4 is 10.6 Å². The highest BCUT2D eigenvalue weighted by atomic mass is 35.5. The molecule has 2 N–H and O–H groups in total. The van der Waals surface area contributed by atoms with Crippen LogP contribution in [0.1, 0.15) is 28.2 Å². The SMILES string of the molecule is Cc1nc(-c2ccc(Cl)s2)sc1C(=O)N[C@H]1CCCNC1.Cl. The lowest BCUT2D eigenvalue weighted by Crippen LogP contribution is -2.45. The van der Waals surface area contributed by atoms with Gasteiger partial charge in [0.05, 0.1) is 14.9 Å². The van der Waals surface area contributed by atoms with Crippen molar-refractivity contribution in [1.29, 1.82) is 0 Å². The van der Waals surface area contributed by atoms with Crippen LogP contribution in [0.2, 0.25) is 4.34 Å². The van der Waals surface area contributed by atoms with Gasteiger partial charge in [0.25, 0.3) is 5.91 Å². The Hall–Kier alpha value is -0.660. The maximum atomic E-state index is 12.4. The largest absolute Gasteiger partial charge is 0.347 e. The van der Waals surface area contributed by atoms with E-state index in [4.69, 9.17) is 11.6 Å². The van der Waals surface area contributed by atoms with E-state index in [2.05, 4.69) is 15.6 Å². The Morgan fingerprint density at radius 3 is 2.91 bits per heavy atom. The summed E-state index contributed by atoms with van der Waals surface area (Å²) in [6.45, 7) is 3.76. The number of aromatic nitrogens is 1. The van der Waals surface area contributed by atoms with Crippen molar-refractivity contribution in [2.45, 2.75) is 25.8 Å². The average molecular weight is 378 g/mol. The van der Waals surface area contributed by atoms with Crippen molar-refractivity contribution in [1.82, 2.24) is 15.6 Å². The molecule has 1 atom stereocenters. The monoisotopic (exact) mass is 377 g/mol. The van der Waals surface area contributed by atoms with Crippen molar-refractivity contribution in [3.05, 3.63) is 27.0 Å². The first-order valence-electron chi connectivity index (χ1n) is 6.88. The molecule has 4 nitrogen and oxygen atoms in total. The third-order valence-electron chi connectivity index (χ3n) is 3.42. The summed E-state index contributed by atoms with van der Waals surface area (Å²) in [6, 6.07) is 4.01. The minimum Gasteiger partial charge on any atom is -0.347 e. The number of nitrogens with one attached hydrogen (secondary N) is 2. The van der Waals surface area contributed by atoms with Gasteiger partial charge in [0.1, 0.15) is 9.88 Å². The highest BCUT2D eigenvalue weighted by Gasteiger charge is 2.21. The van der Waals surface area contributed by atoms with Crippen LogP contribution in [-0.2, 0) is 0 Å². The Balaban J connectivity index is 0.00000176. The normalized spacial score (nSPS) is 17.8. The minimum atomic E-state index is -0.0207. The van der Waals surface area contributed by atoms with Gasteiger partial charge in [0.2, 0.25) is 0 Å². The standard InChI is InChI=1S/C14H16ClN3OS2.ClH/c1-8-12(13(19)18-9-3-2-6-16-7-9)21-14(17-8)10-4-5-11(15)20-10;/h4-5,9,16H,2-3,6-7H2,1H3,(H,18,19);1H/t9-;/m0./s1. The number of nitrogens with zero attached hydrogens (tertiary/aromatic N) is 1. The first kappa shape index (κ1) is 17.7. The smallest absolute Gasteiger partial charge is 0.263 e. The number of thiazole rings is 1. The predicted octanol–water partition coefficient (Wildman–Crippen LogP) is 3.74. The molecule has 2 aromatic rings. The number of hydrogen-bond donors (Lipinski definition) is 2. The van der Waals surface area contributed by atoms with Crippen molar-refractivity contribution >= 4 is 52.6 Å². The molecule has 0 aliphatic carbocycles. The highest BCUT2D eigenvalue weighted by molar-refractivity contribution is 7.24. The molecule has 0 aromatic carbocycles. The maximum Gasteiger partial charge on any atom is 0.263 e. The van der Waals surface area contributed by atoms with E-state index in [-0.39, 0.29) is 24.4 Å². The summed E-state index contributed by atoms with van der Waals surface area (Å²) in [4.78, 5) is 18.6. The predicted molar refractivity (Wildman–Crippen MR) is 95.8 cm³/mol. The van der Waals surface area contributed by atoms with Crippen LogP contribution >= 0.6 is 46.7 Å². The molecule has 3 rings (SSSR count). The molecule has 120 valence electrons. The molecule has 1 fully saturated rings. The third kappa shape index (κ3) is 4.00. The first-order chi connectivity index (χ1) is 10.1. The van der Waals surface area contributed by atoms with Gasteiger partial charge in [0, 0.05) is 12.6 Å². The summed E-state index contributed by atoms with van der Waals surface area (Å²) in [5.74, 6) is -0.0207. The lowest BCUT2D eigenvalue weighted by Gasteiger charge is -2.23. The van der Waals surface area contributed by atoms with E-state index in [1.165, 1.54) is 22.7 Å². The molecule has 0 bridgehead atoms. The highest BCUT2D eigenvalue weighted by Crippen LogP contribution is 2.34. The molecule has 2 aromatic heterocycles. The number of halogens is 2. The molecule has 1 aliphatic heterocycles. The van der Waals surface area contributed by atoms with Gasteiger partial charge in [-0.15, -0.1) is 35.1 Å². The third-order valence-corrected chi connectivity index (χ3v) is 5.98. The maximum absolute atomic E-state index is 12.4. The second kappa shape index (κ2) is 7.75. The Kier molecular flexibility index (Phi) is 6.23. The van der Waals surface area contributed by atoms with Crippen molar-refractivity contribution in [3.63, 3.8) is 0 Å². The molecule has 22 heavy (non-hydrogen) atoms. The van der Waals surface area contributed by atoms with Gasteiger partial charge in [-0.25, -0.2) is 4.98 Å². The second-order valence-corrected chi connectivity index (χ2v) is 7.77. The van der Waals surface area contributed by atoms with E-state index in [0.717, 1.165) is 45.8 Å². The molecule has 0 radical (unpaired) electrons. The molecule has 0 unspecified atom stereocenters. The van der Waals surface area contributed by atoms with Gasteiger partial charge in [0.15, 0.2) is 0 Å². The molecule has 1 aliphatic rings. The molecule has 3 heterocycles. The van der Waals surface area contributed by atoms with Crippen LogP contribution in [0.3, 0.4) is 0 Å². The van der Waals surface area contributed by atoms with Gasteiger partial charge in [-0.1, -0.05) is 11.6 Å². The number of aryl methyl sites for hydroxylation is 1. The molecule has 0 saturated carbocycles. The topological polar surface area (TPSA) is 54.0 Å². The zero-order chi connectivity index (χ0) is 14.8. The van der Waals surface area contributed by atoms with E-state index in [9.17, 15) is 4.79 Å². The Bertz CT molecular complexity index is 650. The van der Waals surface area contributed by atoms with E-state index in [1.807, 2.05) is 19.1 Å². The number of rotatable bonds is 3. The Morgan fingerprint density at radius 2 is 2.27 bits per heavy atom. The Labute approximate surface area is 148 Å². The Morgan fingerprint density at radius 1 is 1.45 bits per heavy atom. The zero-order valence-electron chi connectivity index (χ0n) is 12.0. The van der Waals surface area contributed by atoms with Gasteiger partial charge in [-0.2, -0.15) is 0 Å². The number of thiophene rings is 1. The fourth-order valence-corrected chi connectivity index (χ4v) is 4.43. The van der Waals surface area contributed by atoms with Gasteiger partial charge < -0.3 is 10.6 Å². The number of carbonyl (C=O) groups excluding carboxylic acids is 1. The number of piperidine rings is 1. The fraction of sp³-hybridized carbons (Fsp3) is 0.429. The summed E-state index contributed by atoms with van der Waals surface area (Å²) in [5, 5.41) is 7.25. The number of hydrogen-bond acceptors (Lipinski definition) is 5. The summed E-state index contributed by atoms with van der Waals surface area (Å²) in [5.41, 5.74) is 0.779. The first-order valence-corrected chi connectivity index (χ1v) is 8.89. The molecule has 1 amide bonds. The van der Waals surface area contributed by atoms with Crippen LogP contribution in [0.15, 0.2) is 12.1 Å². The van der Waals surface area contributed by atoms with Crippen LogP contribution in [-0.4, -0.2) is 30.0 Å². The lowest BCUT2D eigenvalue weighted by molar-refractivity contribution is 0.0934. The van der Waals surface area contributed by atoms with E-state index in [0.29, 0.717) is 4.88 Å². The molecule has 0 spiro atoms. The van der Waals surface area contributed by atoms with Crippen LogP contribution in [0.5, 0.6) is 0 Å². The van der Waals surface area contributed by atoms with Gasteiger partial charge in [-0.3, -0.25) is 4.79 Å².